The van der Waals surface area contributed by atoms with Crippen molar-refractivity contribution in [2.45, 2.75) is 23.3 Å². The van der Waals surface area contributed by atoms with E-state index >= 15 is 0 Å². The van der Waals surface area contributed by atoms with Gasteiger partial charge in [-0.2, -0.15) is 0 Å². The molecule has 0 fully saturated rings. The van der Waals surface area contributed by atoms with Crippen LogP contribution in [-0.2, 0) is 0 Å². The number of anilines is 1. The molecule has 5 heteroatoms. The van der Waals surface area contributed by atoms with Gasteiger partial charge < -0.3 is 10.5 Å². The molecule has 0 saturated carbocycles. The number of benzene rings is 1. The van der Waals surface area contributed by atoms with Crippen molar-refractivity contribution in [1.82, 2.24) is 4.98 Å². The van der Waals surface area contributed by atoms with Crippen molar-refractivity contribution in [2.24, 2.45) is 0 Å². The van der Waals surface area contributed by atoms with Crippen LogP contribution in [0, 0.1) is 0 Å². The van der Waals surface area contributed by atoms with Crippen molar-refractivity contribution >= 4 is 33.4 Å². The Hall–Kier alpha value is -1.20. The Kier molecular flexibility index (Phi) is 5.10. The molecule has 1 aromatic carbocycles. The quantitative estimate of drug-likeness (QED) is 0.822. The summed E-state index contributed by atoms with van der Waals surface area (Å²) in [5.74, 6) is 0.735. The Morgan fingerprint density at radius 2 is 2.21 bits per heavy atom. The number of nitrogens with zero attached hydrogens (tertiary/aromatic N) is 1. The van der Waals surface area contributed by atoms with Crippen LogP contribution in [0.3, 0.4) is 0 Å². The predicted octanol–water partition coefficient (Wildman–Crippen LogP) is 4.37. The summed E-state index contributed by atoms with van der Waals surface area (Å²) in [4.78, 5) is 5.39. The lowest BCUT2D eigenvalue weighted by atomic mass is 10.3. The third-order valence-corrected chi connectivity index (χ3v) is 4.30. The molecule has 2 rings (SSSR count). The summed E-state index contributed by atoms with van der Waals surface area (Å²) in [7, 11) is 0. The van der Waals surface area contributed by atoms with Crippen LogP contribution in [0.1, 0.15) is 13.3 Å². The van der Waals surface area contributed by atoms with E-state index in [4.69, 9.17) is 10.5 Å². The average Bonchev–Trinajstić information content (AvgIpc) is 2.42. The normalized spacial score (nSPS) is 10.4. The van der Waals surface area contributed by atoms with Crippen molar-refractivity contribution in [1.29, 1.82) is 0 Å². The third kappa shape index (κ3) is 3.88. The van der Waals surface area contributed by atoms with Gasteiger partial charge in [0.1, 0.15) is 10.8 Å². The van der Waals surface area contributed by atoms with Crippen LogP contribution in [0.4, 0.5) is 5.69 Å². The van der Waals surface area contributed by atoms with Crippen molar-refractivity contribution in [3.63, 3.8) is 0 Å². The molecule has 0 atom stereocenters. The smallest absolute Gasteiger partial charge is 0.143 e. The summed E-state index contributed by atoms with van der Waals surface area (Å²) in [6, 6.07) is 9.66. The highest BCUT2D eigenvalue weighted by Gasteiger charge is 2.06. The van der Waals surface area contributed by atoms with Crippen LogP contribution < -0.4 is 10.5 Å². The van der Waals surface area contributed by atoms with Crippen molar-refractivity contribution in [3.8, 4) is 5.75 Å². The maximum absolute atomic E-state index is 5.89. The summed E-state index contributed by atoms with van der Waals surface area (Å²) in [6.07, 6.45) is 2.74. The highest BCUT2D eigenvalue weighted by Crippen LogP contribution is 2.35. The molecule has 0 saturated heterocycles. The number of nitrogen functional groups attached to an aromatic ring is 1. The van der Waals surface area contributed by atoms with Gasteiger partial charge in [-0.3, -0.25) is 0 Å². The summed E-state index contributed by atoms with van der Waals surface area (Å²) >= 11 is 5.07. The number of aromatic nitrogens is 1. The van der Waals surface area contributed by atoms with Gasteiger partial charge in [0.2, 0.25) is 0 Å². The molecule has 1 aromatic heterocycles. The van der Waals surface area contributed by atoms with Crippen molar-refractivity contribution < 1.29 is 4.74 Å². The first kappa shape index (κ1) is 14.2. The molecule has 100 valence electrons. The fourth-order valence-electron chi connectivity index (χ4n) is 1.47. The van der Waals surface area contributed by atoms with E-state index in [-0.39, 0.29) is 0 Å². The van der Waals surface area contributed by atoms with Gasteiger partial charge in [0, 0.05) is 11.1 Å². The molecule has 1 heterocycles. The largest absolute Gasteiger partial charge is 0.491 e. The highest BCUT2D eigenvalue weighted by molar-refractivity contribution is 9.10. The van der Waals surface area contributed by atoms with Gasteiger partial charge in [-0.25, -0.2) is 4.98 Å². The van der Waals surface area contributed by atoms with Gasteiger partial charge in [0.05, 0.1) is 16.8 Å². The fraction of sp³-hybridized carbons (Fsp3) is 0.214. The molecule has 19 heavy (non-hydrogen) atoms. The molecule has 0 aliphatic carbocycles. The zero-order chi connectivity index (χ0) is 13.7. The van der Waals surface area contributed by atoms with E-state index in [1.54, 1.807) is 18.0 Å². The summed E-state index contributed by atoms with van der Waals surface area (Å²) in [6.45, 7) is 2.74. The van der Waals surface area contributed by atoms with Gasteiger partial charge in [0.15, 0.2) is 0 Å². The topological polar surface area (TPSA) is 48.1 Å². The first-order chi connectivity index (χ1) is 9.20. The lowest BCUT2D eigenvalue weighted by Gasteiger charge is -2.10. The standard InChI is InChI=1S/C14H15BrN2OS/c1-2-8-18-13-9-10(5-6-12(13)16)19-14-11(15)4-3-7-17-14/h3-7,9H,2,8,16H2,1H3. The van der Waals surface area contributed by atoms with E-state index in [1.807, 2.05) is 30.3 Å². The number of rotatable bonds is 5. The van der Waals surface area contributed by atoms with Crippen molar-refractivity contribution in [2.75, 3.05) is 12.3 Å². The van der Waals surface area contributed by atoms with Gasteiger partial charge in [0.25, 0.3) is 0 Å². The number of hydrogen-bond donors (Lipinski definition) is 1. The molecule has 0 spiro atoms. The first-order valence-electron chi connectivity index (χ1n) is 6.01. The Balaban J connectivity index is 2.19. The van der Waals surface area contributed by atoms with Crippen LogP contribution in [0.5, 0.6) is 5.75 Å². The van der Waals surface area contributed by atoms with Crippen LogP contribution in [0.25, 0.3) is 0 Å². The fourth-order valence-corrected chi connectivity index (χ4v) is 2.78. The number of nitrogens with two attached hydrogens (primary N) is 1. The van der Waals surface area contributed by atoms with Crippen LogP contribution in [0.15, 0.2) is 50.9 Å². The summed E-state index contributed by atoms with van der Waals surface area (Å²) in [5, 5.41) is 0.925. The lowest BCUT2D eigenvalue weighted by molar-refractivity contribution is 0.318. The van der Waals surface area contributed by atoms with E-state index in [2.05, 4.69) is 27.8 Å². The molecule has 0 radical (unpaired) electrons. The van der Waals surface area contributed by atoms with E-state index in [1.165, 1.54) is 0 Å². The molecule has 2 N–H and O–H groups in total. The third-order valence-electron chi connectivity index (χ3n) is 2.39. The van der Waals surface area contributed by atoms with Gasteiger partial charge in [-0.05, 0) is 52.7 Å². The maximum atomic E-state index is 5.89. The van der Waals surface area contributed by atoms with Gasteiger partial charge in [-0.1, -0.05) is 18.7 Å². The second-order valence-electron chi connectivity index (χ2n) is 3.94. The predicted molar refractivity (Wildman–Crippen MR) is 82.7 cm³/mol. The van der Waals surface area contributed by atoms with Gasteiger partial charge >= 0.3 is 0 Å². The van der Waals surface area contributed by atoms with E-state index in [9.17, 15) is 0 Å². The zero-order valence-corrected chi connectivity index (χ0v) is 13.0. The van der Waals surface area contributed by atoms with E-state index in [0.717, 1.165) is 26.6 Å². The van der Waals surface area contributed by atoms with Crippen LogP contribution in [0.2, 0.25) is 0 Å². The van der Waals surface area contributed by atoms with Gasteiger partial charge in [-0.15, -0.1) is 0 Å². The number of halogens is 1. The van der Waals surface area contributed by atoms with Crippen molar-refractivity contribution in [3.05, 3.63) is 41.0 Å². The molecule has 2 aromatic rings. The van der Waals surface area contributed by atoms with E-state index in [0.29, 0.717) is 12.3 Å². The Morgan fingerprint density at radius 3 is 2.95 bits per heavy atom. The molecule has 0 bridgehead atoms. The zero-order valence-electron chi connectivity index (χ0n) is 10.6. The average molecular weight is 339 g/mol. The molecule has 0 aliphatic rings. The molecule has 0 amide bonds. The Bertz CT molecular complexity index is 563. The second-order valence-corrected chi connectivity index (χ2v) is 5.86. The van der Waals surface area contributed by atoms with E-state index < -0.39 is 0 Å². The maximum Gasteiger partial charge on any atom is 0.143 e. The molecule has 0 unspecified atom stereocenters. The minimum absolute atomic E-state index is 0.665. The minimum Gasteiger partial charge on any atom is -0.491 e. The molecular formula is C14H15BrN2OS. The molecular weight excluding hydrogens is 324 g/mol. The first-order valence-corrected chi connectivity index (χ1v) is 7.62. The Morgan fingerprint density at radius 1 is 1.37 bits per heavy atom. The monoisotopic (exact) mass is 338 g/mol. The second kappa shape index (κ2) is 6.82. The highest BCUT2D eigenvalue weighted by atomic mass is 79.9. The molecule has 3 nitrogen and oxygen atoms in total. The Labute approximate surface area is 125 Å². The number of pyridine rings is 1. The van der Waals surface area contributed by atoms with Crippen LogP contribution in [-0.4, -0.2) is 11.6 Å². The molecule has 0 aliphatic heterocycles. The number of ether oxygens (including phenoxy) is 1. The summed E-state index contributed by atoms with van der Waals surface area (Å²) < 4.78 is 6.60. The van der Waals surface area contributed by atoms with Crippen LogP contribution >= 0.6 is 27.7 Å². The minimum atomic E-state index is 0.665. The lowest BCUT2D eigenvalue weighted by Crippen LogP contribution is -1.99. The number of hydrogen-bond acceptors (Lipinski definition) is 4. The SMILES string of the molecule is CCCOc1cc(Sc2ncccc2Br)ccc1N. The summed E-state index contributed by atoms with van der Waals surface area (Å²) in [5.41, 5.74) is 6.56.